The van der Waals surface area contributed by atoms with Crippen LogP contribution >= 0.6 is 34.0 Å². The molecule has 0 amide bonds. The van der Waals surface area contributed by atoms with Crippen molar-refractivity contribution in [3.8, 4) is 0 Å². The minimum atomic E-state index is 0. The molecule has 0 heterocycles. The lowest BCUT2D eigenvalue weighted by molar-refractivity contribution is 0.389. The molecule has 0 aromatic rings. The average Bonchev–Trinajstić information content (AvgIpc) is 2.09. The zero-order valence-electron chi connectivity index (χ0n) is 10.6. The third-order valence-electron chi connectivity index (χ3n) is 2.46. The quantitative estimate of drug-likeness (QED) is 0.539. The fourth-order valence-electron chi connectivity index (χ4n) is 1.56. The molecule has 0 aromatic carbocycles. The fraction of sp³-hybridized carbons (Fsp3) is 1.00. The van der Waals surface area contributed by atoms with Gasteiger partial charge in [0.25, 0.3) is 0 Å². The van der Waals surface area contributed by atoms with Gasteiger partial charge in [0.2, 0.25) is 0 Å². The predicted octanol–water partition coefficient (Wildman–Crippen LogP) is 4.84. The van der Waals surface area contributed by atoms with Crippen molar-refractivity contribution in [1.29, 1.82) is 0 Å². The zero-order valence-corrected chi connectivity index (χ0v) is 14.1. The maximum absolute atomic E-state index is 2.27. The summed E-state index contributed by atoms with van der Waals surface area (Å²) in [6.45, 7) is 3.53. The Labute approximate surface area is 118 Å². The van der Waals surface area contributed by atoms with E-state index in [2.05, 4.69) is 25.9 Å². The highest BCUT2D eigenvalue weighted by atomic mass is 79.9. The molecule has 3 heteroatoms. The molecule has 0 aliphatic heterocycles. The minimum Gasteiger partial charge on any atom is -0.309 e. The van der Waals surface area contributed by atoms with Crippen molar-refractivity contribution in [1.82, 2.24) is 4.90 Å². The van der Waals surface area contributed by atoms with Crippen LogP contribution in [0.1, 0.15) is 58.3 Å². The van der Waals surface area contributed by atoms with E-state index in [1.807, 2.05) is 0 Å². The van der Waals surface area contributed by atoms with Crippen molar-refractivity contribution in [3.05, 3.63) is 0 Å². The largest absolute Gasteiger partial charge is 0.309 e. The Balaban J connectivity index is -0.000000720. The first-order chi connectivity index (χ1) is 6.27. The van der Waals surface area contributed by atoms with Crippen LogP contribution in [0.3, 0.4) is 0 Å². The highest BCUT2D eigenvalue weighted by Crippen LogP contribution is 2.08. The average molecular weight is 347 g/mol. The molecule has 0 fully saturated rings. The van der Waals surface area contributed by atoms with Gasteiger partial charge in [0, 0.05) is 0 Å². The van der Waals surface area contributed by atoms with E-state index in [9.17, 15) is 0 Å². The molecule has 0 unspecified atom stereocenters. The van der Waals surface area contributed by atoms with Crippen molar-refractivity contribution in [2.45, 2.75) is 58.3 Å². The first-order valence-electron chi connectivity index (χ1n) is 5.92. The molecule has 0 radical (unpaired) electrons. The Morgan fingerprint density at radius 1 is 0.667 bits per heavy atom. The van der Waals surface area contributed by atoms with Crippen molar-refractivity contribution in [2.24, 2.45) is 0 Å². The molecule has 0 atom stereocenters. The summed E-state index contributed by atoms with van der Waals surface area (Å²) >= 11 is 0. The second-order valence-corrected chi connectivity index (χ2v) is 4.28. The molecule has 0 rings (SSSR count). The monoisotopic (exact) mass is 345 g/mol. The summed E-state index contributed by atoms with van der Waals surface area (Å²) in [6.07, 6.45) is 11.4. The smallest absolute Gasteiger partial charge is 0.00248 e. The number of halogens is 2. The maximum atomic E-state index is 2.27. The van der Waals surface area contributed by atoms with E-state index in [4.69, 9.17) is 0 Å². The Bertz CT molecular complexity index is 97.6. The van der Waals surface area contributed by atoms with Crippen LogP contribution in [0.2, 0.25) is 0 Å². The van der Waals surface area contributed by atoms with Crippen molar-refractivity contribution < 1.29 is 0 Å². The fourth-order valence-corrected chi connectivity index (χ4v) is 1.56. The van der Waals surface area contributed by atoms with Crippen LogP contribution in [-0.2, 0) is 0 Å². The lowest BCUT2D eigenvalue weighted by Crippen LogP contribution is -2.12. The van der Waals surface area contributed by atoms with Gasteiger partial charge in [-0.15, -0.1) is 34.0 Å². The van der Waals surface area contributed by atoms with E-state index in [-0.39, 0.29) is 34.0 Å². The summed E-state index contributed by atoms with van der Waals surface area (Å²) in [7, 11) is 4.31. The highest BCUT2D eigenvalue weighted by Gasteiger charge is 1.92. The molecule has 0 N–H and O–H groups in total. The van der Waals surface area contributed by atoms with E-state index >= 15 is 0 Å². The third-order valence-corrected chi connectivity index (χ3v) is 2.46. The molecule has 15 heavy (non-hydrogen) atoms. The summed E-state index contributed by atoms with van der Waals surface area (Å²) in [5.74, 6) is 0. The highest BCUT2D eigenvalue weighted by molar-refractivity contribution is 8.93. The summed E-state index contributed by atoms with van der Waals surface area (Å²) in [6, 6.07) is 0. The summed E-state index contributed by atoms with van der Waals surface area (Å²) in [5, 5.41) is 0. The third kappa shape index (κ3) is 20.9. The summed E-state index contributed by atoms with van der Waals surface area (Å²) in [4.78, 5) is 2.27. The SMILES string of the molecule is Br.Br.CCCCCCCCCCN(C)C. The lowest BCUT2D eigenvalue weighted by Gasteiger charge is -2.08. The van der Waals surface area contributed by atoms with E-state index in [1.54, 1.807) is 0 Å². The van der Waals surface area contributed by atoms with Gasteiger partial charge >= 0.3 is 0 Å². The summed E-state index contributed by atoms with van der Waals surface area (Å²) in [5.41, 5.74) is 0. The molecule has 1 nitrogen and oxygen atoms in total. The van der Waals surface area contributed by atoms with E-state index < -0.39 is 0 Å². The molecular formula is C12H29Br2N. The predicted molar refractivity (Wildman–Crippen MR) is 81.8 cm³/mol. The molecule has 0 aliphatic rings. The maximum Gasteiger partial charge on any atom is -0.00248 e. The number of unbranched alkanes of at least 4 members (excludes halogenated alkanes) is 7. The Kier molecular flexibility index (Phi) is 24.5. The molecule has 0 aliphatic carbocycles. The lowest BCUT2D eigenvalue weighted by atomic mass is 10.1. The number of nitrogens with zero attached hydrogens (tertiary/aromatic N) is 1. The Morgan fingerprint density at radius 2 is 1.07 bits per heavy atom. The molecule has 0 saturated heterocycles. The van der Waals surface area contributed by atoms with E-state index in [0.29, 0.717) is 0 Å². The van der Waals surface area contributed by atoms with Crippen LogP contribution < -0.4 is 0 Å². The van der Waals surface area contributed by atoms with E-state index in [1.165, 1.54) is 57.9 Å². The van der Waals surface area contributed by atoms with Crippen LogP contribution in [0, 0.1) is 0 Å². The van der Waals surface area contributed by atoms with Gasteiger partial charge in [0.15, 0.2) is 0 Å². The van der Waals surface area contributed by atoms with Crippen molar-refractivity contribution >= 4 is 34.0 Å². The molecule has 0 saturated carbocycles. The van der Waals surface area contributed by atoms with Gasteiger partial charge in [0.05, 0.1) is 0 Å². The first-order valence-corrected chi connectivity index (χ1v) is 5.92. The van der Waals surface area contributed by atoms with Crippen LogP contribution in [0.4, 0.5) is 0 Å². The topological polar surface area (TPSA) is 3.24 Å². The second kappa shape index (κ2) is 17.3. The van der Waals surface area contributed by atoms with Crippen LogP contribution in [0.15, 0.2) is 0 Å². The second-order valence-electron chi connectivity index (χ2n) is 4.28. The van der Waals surface area contributed by atoms with Gasteiger partial charge < -0.3 is 4.90 Å². The Morgan fingerprint density at radius 3 is 1.47 bits per heavy atom. The Hall–Kier alpha value is 0.920. The van der Waals surface area contributed by atoms with Gasteiger partial charge in [-0.3, -0.25) is 0 Å². The molecule has 0 aromatic heterocycles. The van der Waals surface area contributed by atoms with Crippen molar-refractivity contribution in [2.75, 3.05) is 20.6 Å². The molecule has 96 valence electrons. The molecule has 0 bridgehead atoms. The normalized spacial score (nSPS) is 9.60. The van der Waals surface area contributed by atoms with Gasteiger partial charge in [-0.1, -0.05) is 51.9 Å². The van der Waals surface area contributed by atoms with Crippen LogP contribution in [-0.4, -0.2) is 25.5 Å². The van der Waals surface area contributed by atoms with E-state index in [0.717, 1.165) is 0 Å². The van der Waals surface area contributed by atoms with Gasteiger partial charge in [-0.05, 0) is 27.1 Å². The summed E-state index contributed by atoms with van der Waals surface area (Å²) < 4.78 is 0. The number of rotatable bonds is 9. The van der Waals surface area contributed by atoms with Crippen molar-refractivity contribution in [3.63, 3.8) is 0 Å². The van der Waals surface area contributed by atoms with Gasteiger partial charge in [0.1, 0.15) is 0 Å². The standard InChI is InChI=1S/C12H27N.2BrH/c1-4-5-6-7-8-9-10-11-12-13(2)3;;/h4-12H2,1-3H3;2*1H. The number of hydrogen-bond acceptors (Lipinski definition) is 1. The molecular weight excluding hydrogens is 318 g/mol. The zero-order chi connectivity index (χ0) is 9.94. The van der Waals surface area contributed by atoms with Gasteiger partial charge in [-0.2, -0.15) is 0 Å². The van der Waals surface area contributed by atoms with Crippen LogP contribution in [0.25, 0.3) is 0 Å². The number of hydrogen-bond donors (Lipinski definition) is 0. The van der Waals surface area contributed by atoms with Gasteiger partial charge in [-0.25, -0.2) is 0 Å². The van der Waals surface area contributed by atoms with Crippen LogP contribution in [0.5, 0.6) is 0 Å². The molecule has 0 spiro atoms. The minimum absolute atomic E-state index is 0. The first kappa shape index (κ1) is 21.2.